The Morgan fingerprint density at radius 1 is 1.13 bits per heavy atom. The van der Waals surface area contributed by atoms with E-state index in [1.165, 1.54) is 0 Å². The van der Waals surface area contributed by atoms with E-state index in [2.05, 4.69) is 27.7 Å². The van der Waals surface area contributed by atoms with Crippen LogP contribution in [0.3, 0.4) is 0 Å². The number of carbonyl (C=O) groups excluding carboxylic acids is 1. The molecule has 0 saturated heterocycles. The molecule has 0 unspecified atom stereocenters. The van der Waals surface area contributed by atoms with Crippen molar-refractivity contribution in [3.05, 3.63) is 11.3 Å². The molecular weight excluding hydrogens is 188 g/mol. The SMILES string of the molecule is CC1(C)CC(=O)C2=C(C1)OCCC2(C)C. The third-order valence-corrected chi connectivity index (χ3v) is 3.52. The minimum absolute atomic E-state index is 0.0150. The summed E-state index contributed by atoms with van der Waals surface area (Å²) < 4.78 is 5.68. The summed E-state index contributed by atoms with van der Waals surface area (Å²) in [6, 6.07) is 0. The molecule has 0 aromatic carbocycles. The number of allylic oxidation sites excluding steroid dienone is 2. The lowest BCUT2D eigenvalue weighted by atomic mass is 9.68. The Morgan fingerprint density at radius 2 is 1.80 bits per heavy atom. The van der Waals surface area contributed by atoms with Gasteiger partial charge in [-0.25, -0.2) is 0 Å². The van der Waals surface area contributed by atoms with Crippen molar-refractivity contribution in [2.45, 2.75) is 47.0 Å². The molecule has 0 N–H and O–H groups in total. The highest BCUT2D eigenvalue weighted by Crippen LogP contribution is 2.46. The molecule has 0 spiro atoms. The second-order valence-electron chi connectivity index (χ2n) is 6.22. The number of ketones is 1. The molecule has 0 saturated carbocycles. The molecule has 0 amide bonds. The molecule has 2 aliphatic rings. The van der Waals surface area contributed by atoms with Gasteiger partial charge in [0.25, 0.3) is 0 Å². The topological polar surface area (TPSA) is 26.3 Å². The lowest BCUT2D eigenvalue weighted by Crippen LogP contribution is -2.36. The molecule has 0 bridgehead atoms. The van der Waals surface area contributed by atoms with E-state index in [0.717, 1.165) is 30.8 Å². The molecule has 2 rings (SSSR count). The molecule has 2 nitrogen and oxygen atoms in total. The van der Waals surface area contributed by atoms with Crippen molar-refractivity contribution >= 4 is 5.78 Å². The summed E-state index contributed by atoms with van der Waals surface area (Å²) in [4.78, 5) is 12.1. The minimum Gasteiger partial charge on any atom is -0.497 e. The number of rotatable bonds is 0. The van der Waals surface area contributed by atoms with E-state index in [4.69, 9.17) is 4.74 Å². The smallest absolute Gasteiger partial charge is 0.163 e. The predicted molar refractivity (Wildman–Crippen MR) is 59.4 cm³/mol. The number of hydrogen-bond donors (Lipinski definition) is 0. The molecule has 1 aliphatic carbocycles. The average Bonchev–Trinajstić information content (AvgIpc) is 1.97. The van der Waals surface area contributed by atoms with Gasteiger partial charge in [0, 0.05) is 18.4 Å². The van der Waals surface area contributed by atoms with Crippen molar-refractivity contribution in [3.63, 3.8) is 0 Å². The van der Waals surface area contributed by atoms with Crippen molar-refractivity contribution in [2.24, 2.45) is 10.8 Å². The molecule has 1 heterocycles. The summed E-state index contributed by atoms with van der Waals surface area (Å²) >= 11 is 0. The van der Waals surface area contributed by atoms with Gasteiger partial charge in [-0.15, -0.1) is 0 Å². The third-order valence-electron chi connectivity index (χ3n) is 3.52. The Balaban J connectivity index is 2.44. The van der Waals surface area contributed by atoms with Crippen LogP contribution in [0.1, 0.15) is 47.0 Å². The predicted octanol–water partition coefficient (Wildman–Crippen LogP) is 3.08. The summed E-state index contributed by atoms with van der Waals surface area (Å²) in [6.07, 6.45) is 2.54. The lowest BCUT2D eigenvalue weighted by molar-refractivity contribution is -0.120. The van der Waals surface area contributed by atoms with Crippen LogP contribution in [0.25, 0.3) is 0 Å². The first-order valence-electron chi connectivity index (χ1n) is 5.71. The summed E-state index contributed by atoms with van der Waals surface area (Å²) in [7, 11) is 0. The van der Waals surface area contributed by atoms with Crippen LogP contribution in [0.4, 0.5) is 0 Å². The fraction of sp³-hybridized carbons (Fsp3) is 0.769. The molecule has 0 aromatic rings. The molecule has 0 atom stereocenters. The van der Waals surface area contributed by atoms with Gasteiger partial charge in [0.1, 0.15) is 5.76 Å². The van der Waals surface area contributed by atoms with Crippen molar-refractivity contribution in [1.82, 2.24) is 0 Å². The highest BCUT2D eigenvalue weighted by molar-refractivity contribution is 5.98. The van der Waals surface area contributed by atoms with Gasteiger partial charge < -0.3 is 4.74 Å². The van der Waals surface area contributed by atoms with Gasteiger partial charge >= 0.3 is 0 Å². The van der Waals surface area contributed by atoms with Crippen LogP contribution < -0.4 is 0 Å². The first-order valence-corrected chi connectivity index (χ1v) is 5.71. The number of hydrogen-bond acceptors (Lipinski definition) is 2. The summed E-state index contributed by atoms with van der Waals surface area (Å²) in [5, 5.41) is 0. The van der Waals surface area contributed by atoms with Gasteiger partial charge in [0.05, 0.1) is 6.61 Å². The van der Waals surface area contributed by atoms with Gasteiger partial charge in [-0.05, 0) is 17.3 Å². The molecule has 0 fully saturated rings. The Hall–Kier alpha value is -0.790. The van der Waals surface area contributed by atoms with Gasteiger partial charge in [0.2, 0.25) is 0 Å². The van der Waals surface area contributed by atoms with E-state index in [0.29, 0.717) is 12.2 Å². The minimum atomic E-state index is 0.0150. The Kier molecular flexibility index (Phi) is 2.21. The normalized spacial score (nSPS) is 28.4. The van der Waals surface area contributed by atoms with Crippen LogP contribution in [-0.2, 0) is 9.53 Å². The van der Waals surface area contributed by atoms with E-state index in [1.807, 2.05) is 0 Å². The first kappa shape index (κ1) is 10.7. The van der Waals surface area contributed by atoms with E-state index in [9.17, 15) is 4.79 Å². The van der Waals surface area contributed by atoms with Crippen molar-refractivity contribution in [3.8, 4) is 0 Å². The van der Waals surface area contributed by atoms with Gasteiger partial charge in [0.15, 0.2) is 5.78 Å². The van der Waals surface area contributed by atoms with Crippen LogP contribution in [0.5, 0.6) is 0 Å². The largest absolute Gasteiger partial charge is 0.497 e. The Morgan fingerprint density at radius 3 is 2.47 bits per heavy atom. The molecule has 0 radical (unpaired) electrons. The summed E-state index contributed by atoms with van der Waals surface area (Å²) in [6.45, 7) is 9.34. The standard InChI is InChI=1S/C13H20O2/c1-12(2)7-9(14)11-10(8-12)15-6-5-13(11,3)4/h5-8H2,1-4H3. The Labute approximate surface area is 91.7 Å². The monoisotopic (exact) mass is 208 g/mol. The number of Topliss-reactive ketones (excluding diaryl/α,β-unsaturated/α-hetero) is 1. The first-order chi connectivity index (χ1) is 6.82. The molecule has 2 heteroatoms. The van der Waals surface area contributed by atoms with E-state index >= 15 is 0 Å². The van der Waals surface area contributed by atoms with E-state index in [1.54, 1.807) is 0 Å². The van der Waals surface area contributed by atoms with Crippen molar-refractivity contribution in [1.29, 1.82) is 0 Å². The molecule has 15 heavy (non-hydrogen) atoms. The van der Waals surface area contributed by atoms with Crippen LogP contribution in [-0.4, -0.2) is 12.4 Å². The van der Waals surface area contributed by atoms with Crippen LogP contribution in [0, 0.1) is 10.8 Å². The zero-order chi connectivity index (χ0) is 11.3. The van der Waals surface area contributed by atoms with Crippen molar-refractivity contribution < 1.29 is 9.53 Å². The number of carbonyl (C=O) groups is 1. The van der Waals surface area contributed by atoms with E-state index in [-0.39, 0.29) is 10.8 Å². The van der Waals surface area contributed by atoms with Crippen LogP contribution in [0.15, 0.2) is 11.3 Å². The fourth-order valence-corrected chi connectivity index (χ4v) is 2.70. The second-order valence-corrected chi connectivity index (χ2v) is 6.22. The second kappa shape index (κ2) is 3.10. The molecule has 1 aliphatic heterocycles. The van der Waals surface area contributed by atoms with Gasteiger partial charge in [-0.3, -0.25) is 4.79 Å². The fourth-order valence-electron chi connectivity index (χ4n) is 2.70. The summed E-state index contributed by atoms with van der Waals surface area (Å²) in [5.41, 5.74) is 1.05. The van der Waals surface area contributed by atoms with E-state index < -0.39 is 0 Å². The van der Waals surface area contributed by atoms with Crippen molar-refractivity contribution in [2.75, 3.05) is 6.61 Å². The van der Waals surface area contributed by atoms with Gasteiger partial charge in [-0.2, -0.15) is 0 Å². The quantitative estimate of drug-likeness (QED) is 0.611. The maximum absolute atomic E-state index is 12.1. The highest BCUT2D eigenvalue weighted by atomic mass is 16.5. The molecule has 84 valence electrons. The average molecular weight is 208 g/mol. The van der Waals surface area contributed by atoms with Gasteiger partial charge in [-0.1, -0.05) is 27.7 Å². The zero-order valence-electron chi connectivity index (χ0n) is 10.1. The van der Waals surface area contributed by atoms with Crippen LogP contribution >= 0.6 is 0 Å². The maximum atomic E-state index is 12.1. The molecule has 0 aromatic heterocycles. The number of ether oxygens (including phenoxy) is 1. The third kappa shape index (κ3) is 1.82. The lowest BCUT2D eigenvalue weighted by Gasteiger charge is -2.41. The highest BCUT2D eigenvalue weighted by Gasteiger charge is 2.42. The summed E-state index contributed by atoms with van der Waals surface area (Å²) in [5.74, 6) is 1.26. The van der Waals surface area contributed by atoms with Crippen LogP contribution in [0.2, 0.25) is 0 Å². The zero-order valence-corrected chi connectivity index (χ0v) is 10.1. The maximum Gasteiger partial charge on any atom is 0.163 e. The molecular formula is C13H20O2. The Bertz CT molecular complexity index is 334.